The summed E-state index contributed by atoms with van der Waals surface area (Å²) in [4.78, 5) is 10.7. The largest absolute Gasteiger partial charge is 0.462 e. The van der Waals surface area contributed by atoms with Gasteiger partial charge in [-0.3, -0.25) is 0 Å². The van der Waals surface area contributed by atoms with Gasteiger partial charge in [-0.15, -0.1) is 0 Å². The van der Waals surface area contributed by atoms with Crippen molar-refractivity contribution in [2.75, 3.05) is 6.54 Å². The van der Waals surface area contributed by atoms with Crippen molar-refractivity contribution >= 4 is 5.91 Å². The number of carbonyl (C=O) groups excluding carboxylic acids is 1. The van der Waals surface area contributed by atoms with Gasteiger partial charge in [0.25, 0.3) is 0 Å². The highest BCUT2D eigenvalue weighted by Gasteiger charge is 2.04. The molecule has 0 aliphatic rings. The van der Waals surface area contributed by atoms with Crippen LogP contribution >= 0.6 is 0 Å². The fourth-order valence-corrected chi connectivity index (χ4v) is 0.575. The highest BCUT2D eigenvalue weighted by Crippen LogP contribution is 1.81. The van der Waals surface area contributed by atoms with Gasteiger partial charge in [0, 0.05) is 0 Å². The van der Waals surface area contributed by atoms with Gasteiger partial charge >= 0.3 is 5.91 Å². The normalized spacial score (nSPS) is 13.2. The summed E-state index contributed by atoms with van der Waals surface area (Å²) in [5, 5.41) is 0.261. The van der Waals surface area contributed by atoms with Gasteiger partial charge in [0.1, 0.15) is 0 Å². The lowest BCUT2D eigenvalue weighted by molar-refractivity contribution is -0.763. The van der Waals surface area contributed by atoms with E-state index < -0.39 is 0 Å². The molecule has 9 heavy (non-hydrogen) atoms. The molecule has 0 aromatic heterocycles. The Bertz CT molecular complexity index is 93.1. The van der Waals surface area contributed by atoms with E-state index in [0.717, 1.165) is 6.42 Å². The molecule has 1 unspecified atom stereocenters. The third-order valence-corrected chi connectivity index (χ3v) is 1.17. The van der Waals surface area contributed by atoms with Crippen molar-refractivity contribution in [1.29, 1.82) is 0 Å². The Morgan fingerprint density at radius 3 is 2.44 bits per heavy atom. The van der Waals surface area contributed by atoms with Crippen LogP contribution in [-0.2, 0) is 4.79 Å². The summed E-state index contributed by atoms with van der Waals surface area (Å²) in [6, 6.07) is 0. The van der Waals surface area contributed by atoms with Crippen LogP contribution in [0.1, 0.15) is 26.7 Å². The second-order valence-electron chi connectivity index (χ2n) is 2.01. The third kappa shape index (κ3) is 3.21. The van der Waals surface area contributed by atoms with Crippen LogP contribution in [-0.4, -0.2) is 12.5 Å². The molecule has 0 aromatic rings. The molecular weight excluding hydrogens is 116 g/mol. The first-order valence-electron chi connectivity index (χ1n) is 3.33. The fourth-order valence-electron chi connectivity index (χ4n) is 0.575. The van der Waals surface area contributed by atoms with Crippen LogP contribution in [0.5, 0.6) is 0 Å². The maximum atomic E-state index is 10.7. The molecule has 0 radical (unpaired) electrons. The summed E-state index contributed by atoms with van der Waals surface area (Å²) in [6.07, 6.45) is 1.38. The summed E-state index contributed by atoms with van der Waals surface area (Å²) in [5.74, 6) is 7.10. The summed E-state index contributed by atoms with van der Waals surface area (Å²) in [5.41, 5.74) is 0. The van der Waals surface area contributed by atoms with Crippen molar-refractivity contribution in [1.82, 2.24) is 0 Å². The molecule has 0 rings (SSSR count). The highest BCUT2D eigenvalue weighted by atomic mass is 16.2. The first-order valence-corrected chi connectivity index (χ1v) is 3.33. The van der Waals surface area contributed by atoms with Crippen molar-refractivity contribution in [2.45, 2.75) is 26.7 Å². The standard InChI is InChI=1S/C6H14N2O/c1-3-5-6(9)8(7)4-2/h7-8H,3-5H2,1-2H3. The molecule has 0 saturated carbocycles. The second kappa shape index (κ2) is 4.47. The lowest BCUT2D eigenvalue weighted by Crippen LogP contribution is -3.08. The summed E-state index contributed by atoms with van der Waals surface area (Å²) < 4.78 is 0. The average molecular weight is 130 g/mol. The van der Waals surface area contributed by atoms with Crippen LogP contribution in [0.25, 0.3) is 5.84 Å². The van der Waals surface area contributed by atoms with E-state index in [9.17, 15) is 4.79 Å². The van der Waals surface area contributed by atoms with E-state index in [-0.39, 0.29) is 10.9 Å². The van der Waals surface area contributed by atoms with E-state index in [2.05, 4.69) is 0 Å². The smallest absolute Gasteiger partial charge is 0.302 e. The van der Waals surface area contributed by atoms with Gasteiger partial charge in [-0.05, 0) is 13.3 Å². The van der Waals surface area contributed by atoms with Crippen molar-refractivity contribution in [2.24, 2.45) is 0 Å². The first-order chi connectivity index (χ1) is 4.22. The molecule has 1 atom stereocenters. The van der Waals surface area contributed by atoms with Crippen molar-refractivity contribution < 1.29 is 9.80 Å². The lowest BCUT2D eigenvalue weighted by Gasteiger charge is -2.15. The molecule has 0 spiro atoms. The molecule has 0 bridgehead atoms. The predicted octanol–water partition coefficient (Wildman–Crippen LogP) is 0.185. The Morgan fingerprint density at radius 2 is 2.11 bits per heavy atom. The van der Waals surface area contributed by atoms with E-state index >= 15 is 0 Å². The predicted molar refractivity (Wildman–Crippen MR) is 35.7 cm³/mol. The van der Waals surface area contributed by atoms with Crippen molar-refractivity contribution in [3.8, 4) is 0 Å². The Balaban J connectivity index is 3.46. The first kappa shape index (κ1) is 8.59. The minimum atomic E-state index is 0.000000000000000444. The highest BCUT2D eigenvalue weighted by molar-refractivity contribution is 5.66. The number of hydrogen-bond acceptors (Lipinski definition) is 1. The SMILES string of the molecule is CCCC(=O)[NH+]([NH-])CC. The molecule has 0 saturated heterocycles. The van der Waals surface area contributed by atoms with E-state index in [1.807, 2.05) is 13.8 Å². The Morgan fingerprint density at radius 1 is 1.56 bits per heavy atom. The van der Waals surface area contributed by atoms with E-state index in [1.165, 1.54) is 0 Å². The zero-order valence-corrected chi connectivity index (χ0v) is 6.03. The van der Waals surface area contributed by atoms with Crippen molar-refractivity contribution in [3.63, 3.8) is 0 Å². The van der Waals surface area contributed by atoms with E-state index in [1.54, 1.807) is 0 Å². The number of carbonyl (C=O) groups is 1. The maximum Gasteiger partial charge on any atom is 0.302 e. The Kier molecular flexibility index (Phi) is 4.26. The molecule has 0 aliphatic carbocycles. The van der Waals surface area contributed by atoms with Crippen LogP contribution in [0.4, 0.5) is 0 Å². The van der Waals surface area contributed by atoms with Gasteiger partial charge in [-0.1, -0.05) is 6.92 Å². The van der Waals surface area contributed by atoms with E-state index in [4.69, 9.17) is 5.84 Å². The molecule has 0 aliphatic heterocycles. The number of amides is 1. The van der Waals surface area contributed by atoms with Gasteiger partial charge in [0.15, 0.2) is 0 Å². The molecule has 1 amide bonds. The molecule has 3 nitrogen and oxygen atoms in total. The number of hydrogen-bond donors (Lipinski definition) is 1. The summed E-state index contributed by atoms with van der Waals surface area (Å²) in [7, 11) is 0. The molecule has 3 heteroatoms. The topological polar surface area (TPSA) is 45.3 Å². The van der Waals surface area contributed by atoms with Crippen LogP contribution < -0.4 is 5.01 Å². The second-order valence-corrected chi connectivity index (χ2v) is 2.01. The minimum absolute atomic E-state index is 0.000000000000000444. The van der Waals surface area contributed by atoms with Gasteiger partial charge in [0.05, 0.1) is 13.0 Å². The quantitative estimate of drug-likeness (QED) is 0.544. The molecule has 0 heterocycles. The molecule has 0 aromatic carbocycles. The Hall–Kier alpha value is -0.410. The van der Waals surface area contributed by atoms with Crippen LogP contribution in [0.15, 0.2) is 0 Å². The monoisotopic (exact) mass is 130 g/mol. The van der Waals surface area contributed by atoms with Gasteiger partial charge in [-0.25, -0.2) is 4.79 Å². The zero-order valence-electron chi connectivity index (χ0n) is 6.03. The molecular formula is C6H14N2O. The van der Waals surface area contributed by atoms with Gasteiger partial charge in [-0.2, -0.15) is 0 Å². The van der Waals surface area contributed by atoms with Gasteiger partial charge < -0.3 is 10.9 Å². The van der Waals surface area contributed by atoms with E-state index in [0.29, 0.717) is 13.0 Å². The van der Waals surface area contributed by atoms with Crippen LogP contribution in [0.2, 0.25) is 0 Å². The lowest BCUT2D eigenvalue weighted by atomic mass is 10.3. The third-order valence-electron chi connectivity index (χ3n) is 1.17. The molecule has 2 N–H and O–H groups in total. The fraction of sp³-hybridized carbons (Fsp3) is 0.833. The zero-order chi connectivity index (χ0) is 7.28. The summed E-state index contributed by atoms with van der Waals surface area (Å²) in [6.45, 7) is 4.34. The average Bonchev–Trinajstić information content (AvgIpc) is 1.87. The summed E-state index contributed by atoms with van der Waals surface area (Å²) >= 11 is 0. The van der Waals surface area contributed by atoms with Gasteiger partial charge in [0.2, 0.25) is 0 Å². The molecule has 0 fully saturated rings. The Labute approximate surface area is 55.8 Å². The number of quaternary nitrogens is 1. The van der Waals surface area contributed by atoms with Crippen LogP contribution in [0.3, 0.4) is 0 Å². The van der Waals surface area contributed by atoms with Crippen molar-refractivity contribution in [3.05, 3.63) is 5.84 Å². The number of rotatable bonds is 3. The maximum absolute atomic E-state index is 10.7. The minimum Gasteiger partial charge on any atom is -0.462 e. The molecule has 54 valence electrons. The number of nitrogens with one attached hydrogen (secondary N) is 2. The van der Waals surface area contributed by atoms with Crippen LogP contribution in [0, 0.1) is 0 Å².